The molecule has 0 aromatic carbocycles. The van der Waals surface area contributed by atoms with Gasteiger partial charge in [0.2, 0.25) is 11.8 Å². The van der Waals surface area contributed by atoms with Gasteiger partial charge < -0.3 is 8.94 Å². The maximum atomic E-state index is 5.67. The van der Waals surface area contributed by atoms with E-state index in [4.69, 9.17) is 8.94 Å². The Bertz CT molecular complexity index is 601. The van der Waals surface area contributed by atoms with E-state index in [1.165, 1.54) is 0 Å². The monoisotopic (exact) mass is 291 g/mol. The first kappa shape index (κ1) is 14.2. The molecule has 2 aromatic heterocycles. The van der Waals surface area contributed by atoms with Crippen LogP contribution in [-0.4, -0.2) is 51.6 Å². The van der Waals surface area contributed by atoms with E-state index < -0.39 is 0 Å². The van der Waals surface area contributed by atoms with E-state index in [0.29, 0.717) is 18.3 Å². The van der Waals surface area contributed by atoms with Crippen molar-refractivity contribution in [1.82, 2.24) is 24.9 Å². The molecule has 7 heteroatoms. The molecule has 0 unspecified atom stereocenters. The molecule has 0 radical (unpaired) electrons. The molecule has 3 rings (SSSR count). The van der Waals surface area contributed by atoms with Crippen molar-refractivity contribution in [1.29, 1.82) is 0 Å². The zero-order valence-corrected chi connectivity index (χ0v) is 13.0. The van der Waals surface area contributed by atoms with E-state index in [1.807, 2.05) is 20.8 Å². The molecule has 7 nitrogen and oxygen atoms in total. The summed E-state index contributed by atoms with van der Waals surface area (Å²) >= 11 is 0. The third-order valence-corrected chi connectivity index (χ3v) is 3.99. The summed E-state index contributed by atoms with van der Waals surface area (Å²) in [4.78, 5) is 13.4. The van der Waals surface area contributed by atoms with E-state index in [9.17, 15) is 0 Å². The first-order valence-electron chi connectivity index (χ1n) is 7.18. The zero-order valence-electron chi connectivity index (χ0n) is 13.0. The first-order chi connectivity index (χ1) is 10.0. The summed E-state index contributed by atoms with van der Waals surface area (Å²) < 4.78 is 11.0. The minimum atomic E-state index is 0.122. The highest BCUT2D eigenvalue weighted by Gasteiger charge is 2.30. The summed E-state index contributed by atoms with van der Waals surface area (Å²) in [5.41, 5.74) is 0.961. The molecule has 1 atom stereocenters. The van der Waals surface area contributed by atoms with Crippen molar-refractivity contribution in [3.05, 3.63) is 29.1 Å². The Hall–Kier alpha value is -1.73. The number of oxazole rings is 1. The zero-order chi connectivity index (χ0) is 15.0. The number of hydrogen-bond acceptors (Lipinski definition) is 7. The molecule has 21 heavy (non-hydrogen) atoms. The van der Waals surface area contributed by atoms with Crippen molar-refractivity contribution in [3.63, 3.8) is 0 Å². The first-order valence-corrected chi connectivity index (χ1v) is 7.18. The van der Waals surface area contributed by atoms with Gasteiger partial charge in [0, 0.05) is 19.6 Å². The van der Waals surface area contributed by atoms with Gasteiger partial charge in [0.25, 0.3) is 0 Å². The van der Waals surface area contributed by atoms with Crippen LogP contribution in [0.5, 0.6) is 0 Å². The number of hydrogen-bond donors (Lipinski definition) is 0. The lowest BCUT2D eigenvalue weighted by Crippen LogP contribution is -2.46. The second kappa shape index (κ2) is 5.57. The van der Waals surface area contributed by atoms with Crippen LogP contribution in [0.25, 0.3) is 0 Å². The molecule has 1 saturated heterocycles. The summed E-state index contributed by atoms with van der Waals surface area (Å²) in [6.07, 6.45) is 0. The van der Waals surface area contributed by atoms with E-state index >= 15 is 0 Å². The van der Waals surface area contributed by atoms with Gasteiger partial charge in [0.1, 0.15) is 11.8 Å². The number of likely N-dealkylation sites (N-methyl/N-ethyl adjacent to an activating group) is 1. The molecule has 0 spiro atoms. The van der Waals surface area contributed by atoms with Crippen molar-refractivity contribution in [2.24, 2.45) is 0 Å². The minimum absolute atomic E-state index is 0.122. The van der Waals surface area contributed by atoms with Gasteiger partial charge in [-0.05, 0) is 27.8 Å². The number of aromatic nitrogens is 3. The summed E-state index contributed by atoms with van der Waals surface area (Å²) in [5.74, 6) is 3.02. The Morgan fingerprint density at radius 1 is 1.19 bits per heavy atom. The van der Waals surface area contributed by atoms with Gasteiger partial charge in [-0.3, -0.25) is 9.80 Å². The molecule has 2 aromatic rings. The van der Waals surface area contributed by atoms with E-state index in [0.717, 1.165) is 37.0 Å². The van der Waals surface area contributed by atoms with Crippen LogP contribution in [0.4, 0.5) is 0 Å². The Kier molecular flexibility index (Phi) is 3.77. The molecule has 1 aliphatic heterocycles. The summed E-state index contributed by atoms with van der Waals surface area (Å²) in [5, 5.41) is 3.89. The van der Waals surface area contributed by atoms with Crippen molar-refractivity contribution < 1.29 is 8.94 Å². The second-order valence-electron chi connectivity index (χ2n) is 5.66. The number of aryl methyl sites for hydroxylation is 3. The molecule has 1 aliphatic rings. The molecule has 0 N–H and O–H groups in total. The maximum Gasteiger partial charge on any atom is 0.245 e. The maximum absolute atomic E-state index is 5.67. The molecule has 0 bridgehead atoms. The van der Waals surface area contributed by atoms with E-state index in [1.54, 1.807) is 0 Å². The Balaban J connectivity index is 1.70. The molecule has 3 heterocycles. The van der Waals surface area contributed by atoms with Crippen molar-refractivity contribution in [2.75, 3.05) is 26.7 Å². The lowest BCUT2D eigenvalue weighted by molar-refractivity contribution is 0.0662. The lowest BCUT2D eigenvalue weighted by Gasteiger charge is -2.36. The van der Waals surface area contributed by atoms with Crippen LogP contribution in [0.3, 0.4) is 0 Å². The van der Waals surface area contributed by atoms with Gasteiger partial charge in [-0.1, -0.05) is 5.16 Å². The van der Waals surface area contributed by atoms with Crippen LogP contribution in [-0.2, 0) is 6.54 Å². The normalized spacial score (nSPS) is 21.0. The largest absolute Gasteiger partial charge is 0.444 e. The Morgan fingerprint density at radius 2 is 2.00 bits per heavy atom. The summed E-state index contributed by atoms with van der Waals surface area (Å²) in [6, 6.07) is 0.122. The van der Waals surface area contributed by atoms with E-state index in [2.05, 4.69) is 32.0 Å². The van der Waals surface area contributed by atoms with Crippen molar-refractivity contribution in [2.45, 2.75) is 33.4 Å². The second-order valence-corrected chi connectivity index (χ2v) is 5.66. The summed E-state index contributed by atoms with van der Waals surface area (Å²) in [6.45, 7) is 9.22. The average Bonchev–Trinajstić information content (AvgIpc) is 2.99. The topological polar surface area (TPSA) is 71.4 Å². The standard InChI is InChI=1S/C14H21N5O2/c1-9-10(2)20-13(15-9)8-19-6-5-18(4)12(7-19)14-16-11(3)17-21-14/h12H,5-8H2,1-4H3/t12-/m1/s1. The van der Waals surface area contributed by atoms with Gasteiger partial charge in [0.05, 0.1) is 12.2 Å². The van der Waals surface area contributed by atoms with Crippen LogP contribution in [0.2, 0.25) is 0 Å². The van der Waals surface area contributed by atoms with Gasteiger partial charge in [-0.25, -0.2) is 4.98 Å². The van der Waals surface area contributed by atoms with Crippen LogP contribution in [0.1, 0.15) is 35.1 Å². The fourth-order valence-electron chi connectivity index (χ4n) is 2.59. The third kappa shape index (κ3) is 2.98. The van der Waals surface area contributed by atoms with Crippen LogP contribution >= 0.6 is 0 Å². The Morgan fingerprint density at radius 3 is 2.62 bits per heavy atom. The highest BCUT2D eigenvalue weighted by atomic mass is 16.5. The number of nitrogens with zero attached hydrogens (tertiary/aromatic N) is 5. The molecule has 0 aliphatic carbocycles. The van der Waals surface area contributed by atoms with Gasteiger partial charge in [-0.15, -0.1) is 0 Å². The van der Waals surface area contributed by atoms with Gasteiger partial charge in [-0.2, -0.15) is 4.98 Å². The highest BCUT2D eigenvalue weighted by molar-refractivity contribution is 5.05. The van der Waals surface area contributed by atoms with Crippen molar-refractivity contribution in [3.8, 4) is 0 Å². The third-order valence-electron chi connectivity index (χ3n) is 3.99. The van der Waals surface area contributed by atoms with Crippen LogP contribution in [0, 0.1) is 20.8 Å². The molecule has 114 valence electrons. The Labute approximate surface area is 123 Å². The van der Waals surface area contributed by atoms with Crippen molar-refractivity contribution >= 4 is 0 Å². The molecule has 1 fully saturated rings. The lowest BCUT2D eigenvalue weighted by atomic mass is 10.2. The average molecular weight is 291 g/mol. The van der Waals surface area contributed by atoms with E-state index in [-0.39, 0.29) is 6.04 Å². The van der Waals surface area contributed by atoms with Crippen LogP contribution < -0.4 is 0 Å². The SMILES string of the molecule is Cc1noc([C@H]2CN(Cc3nc(C)c(C)o3)CCN2C)n1. The molecular weight excluding hydrogens is 270 g/mol. The highest BCUT2D eigenvalue weighted by Crippen LogP contribution is 2.23. The minimum Gasteiger partial charge on any atom is -0.444 e. The smallest absolute Gasteiger partial charge is 0.245 e. The predicted octanol–water partition coefficient (Wildman–Crippen LogP) is 1.47. The fourth-order valence-corrected chi connectivity index (χ4v) is 2.59. The quantitative estimate of drug-likeness (QED) is 0.848. The number of piperazine rings is 1. The molecular formula is C14H21N5O2. The fraction of sp³-hybridized carbons (Fsp3) is 0.643. The number of rotatable bonds is 3. The summed E-state index contributed by atoms with van der Waals surface area (Å²) in [7, 11) is 2.08. The van der Waals surface area contributed by atoms with Gasteiger partial charge in [0.15, 0.2) is 5.82 Å². The predicted molar refractivity (Wildman–Crippen MR) is 75.7 cm³/mol. The van der Waals surface area contributed by atoms with Gasteiger partial charge >= 0.3 is 0 Å². The van der Waals surface area contributed by atoms with Crippen LogP contribution in [0.15, 0.2) is 8.94 Å². The molecule has 0 saturated carbocycles. The molecule has 0 amide bonds.